The second-order valence-corrected chi connectivity index (χ2v) is 23.5. The van der Waals surface area contributed by atoms with E-state index in [-0.39, 0.29) is 18.5 Å². The molecule has 0 aliphatic carbocycles. The van der Waals surface area contributed by atoms with Crippen molar-refractivity contribution in [2.45, 2.75) is 392 Å². The van der Waals surface area contributed by atoms with Crippen molar-refractivity contribution in [3.8, 4) is 0 Å². The van der Waals surface area contributed by atoms with Crippen molar-refractivity contribution < 1.29 is 24.5 Å². The summed E-state index contributed by atoms with van der Waals surface area (Å²) >= 11 is 0. The van der Waals surface area contributed by atoms with Crippen LogP contribution in [0.3, 0.4) is 0 Å². The van der Waals surface area contributed by atoms with Gasteiger partial charge in [-0.05, 0) is 57.8 Å². The van der Waals surface area contributed by atoms with Gasteiger partial charge in [0.15, 0.2) is 0 Å². The Balaban J connectivity index is 3.35. The maximum atomic E-state index is 12.5. The second kappa shape index (κ2) is 64.9. The lowest BCUT2D eigenvalue weighted by Crippen LogP contribution is -2.45. The molecule has 2 atom stereocenters. The summed E-state index contributed by atoms with van der Waals surface area (Å²) in [6, 6.07) is -0.540. The number of hydrogen-bond donors (Lipinski definition) is 3. The maximum absolute atomic E-state index is 12.5. The van der Waals surface area contributed by atoms with Crippen molar-refractivity contribution in [3.63, 3.8) is 0 Å². The summed E-state index contributed by atoms with van der Waals surface area (Å²) in [5, 5.41) is 23.3. The first-order chi connectivity index (χ1) is 37.0. The predicted octanol–water partition coefficient (Wildman–Crippen LogP) is 21.8. The van der Waals surface area contributed by atoms with Gasteiger partial charge >= 0.3 is 5.97 Å². The molecule has 6 nitrogen and oxygen atoms in total. The number of esters is 1. The molecule has 0 aromatic rings. The van der Waals surface area contributed by atoms with Crippen molar-refractivity contribution >= 4 is 11.9 Å². The van der Waals surface area contributed by atoms with Crippen molar-refractivity contribution in [1.82, 2.24) is 5.32 Å². The summed E-state index contributed by atoms with van der Waals surface area (Å²) in [6.45, 7) is 4.96. The Morgan fingerprint density at radius 1 is 0.373 bits per heavy atom. The van der Waals surface area contributed by atoms with Crippen molar-refractivity contribution in [1.29, 1.82) is 0 Å². The van der Waals surface area contributed by atoms with E-state index in [1.165, 1.54) is 295 Å². The van der Waals surface area contributed by atoms with E-state index in [0.717, 1.165) is 51.4 Å². The van der Waals surface area contributed by atoms with Gasteiger partial charge in [0, 0.05) is 12.8 Å². The Bertz CT molecular complexity index is 1170. The topological polar surface area (TPSA) is 95.9 Å². The predicted molar refractivity (Wildman–Crippen MR) is 329 cm³/mol. The number of nitrogens with one attached hydrogen (secondary N) is 1. The Morgan fingerprint density at radius 2 is 0.667 bits per heavy atom. The van der Waals surface area contributed by atoms with Gasteiger partial charge in [-0.3, -0.25) is 9.59 Å². The van der Waals surface area contributed by atoms with Gasteiger partial charge in [-0.1, -0.05) is 334 Å². The molecule has 0 saturated heterocycles. The zero-order valence-electron chi connectivity index (χ0n) is 50.8. The Labute approximate surface area is 469 Å². The molecule has 0 bridgehead atoms. The van der Waals surface area contributed by atoms with Crippen LogP contribution in [0.5, 0.6) is 0 Å². The van der Waals surface area contributed by atoms with E-state index in [2.05, 4.69) is 43.5 Å². The summed E-state index contributed by atoms with van der Waals surface area (Å²) in [5.41, 5.74) is 0. The number of aliphatic hydroxyl groups excluding tert-OH is 2. The quantitative estimate of drug-likeness (QED) is 0.0320. The lowest BCUT2D eigenvalue weighted by Gasteiger charge is -2.22. The molecular formula is C69H133NO5. The first-order valence-electron chi connectivity index (χ1n) is 34.1. The molecular weight excluding hydrogens is 923 g/mol. The van der Waals surface area contributed by atoms with E-state index in [1.807, 2.05) is 0 Å². The Hall–Kier alpha value is -1.66. The largest absolute Gasteiger partial charge is 0.466 e. The first kappa shape index (κ1) is 73.3. The van der Waals surface area contributed by atoms with E-state index in [1.54, 1.807) is 0 Å². The van der Waals surface area contributed by atoms with E-state index < -0.39 is 12.1 Å². The standard InChI is InChI=1S/C69H133NO5/c1-3-5-7-9-11-13-15-17-19-20-27-31-35-39-43-47-51-55-59-63-69(74)75-64-60-56-52-48-44-40-36-32-29-26-24-22-21-23-25-28-30-34-38-42-46-50-54-58-62-68(73)70-66(65-71)67(72)61-57-53-49-45-41-37-33-18-16-14-12-10-8-6-4-2/h11,13,17,19,66-67,71-72H,3-10,12,14-16,18,20-65H2,1-2H3,(H,70,73)/b13-11-,19-17-. The molecule has 75 heavy (non-hydrogen) atoms. The van der Waals surface area contributed by atoms with Crippen LogP contribution in [0, 0.1) is 0 Å². The van der Waals surface area contributed by atoms with Gasteiger partial charge in [-0.25, -0.2) is 0 Å². The van der Waals surface area contributed by atoms with Crippen LogP contribution in [0.2, 0.25) is 0 Å². The molecule has 6 heteroatoms. The van der Waals surface area contributed by atoms with Crippen molar-refractivity contribution in [3.05, 3.63) is 24.3 Å². The number of carbonyl (C=O) groups excluding carboxylic acids is 2. The number of rotatable bonds is 64. The van der Waals surface area contributed by atoms with Crippen LogP contribution in [0.15, 0.2) is 24.3 Å². The van der Waals surface area contributed by atoms with Crippen LogP contribution < -0.4 is 5.32 Å². The highest BCUT2D eigenvalue weighted by Crippen LogP contribution is 2.19. The SMILES string of the molecule is CCCCC/C=C\C/C=C\CCCCCCCCCCCC(=O)OCCCCCCCCCCCCCCCCCCCCCCCCCCC(=O)NC(CO)C(O)CCCCCCCCCCCCCCCCC. The van der Waals surface area contributed by atoms with Crippen LogP contribution >= 0.6 is 0 Å². The number of carbonyl (C=O) groups is 2. The minimum absolute atomic E-state index is 0.0124. The fraction of sp³-hybridized carbons (Fsp3) is 0.913. The summed E-state index contributed by atoms with van der Waals surface area (Å²) in [6.07, 6.45) is 80.7. The van der Waals surface area contributed by atoms with Gasteiger partial charge < -0.3 is 20.3 Å². The molecule has 0 aromatic carbocycles. The Kier molecular flexibility index (Phi) is 63.4. The highest BCUT2D eigenvalue weighted by Gasteiger charge is 2.20. The molecule has 0 rings (SSSR count). The number of aliphatic hydroxyl groups is 2. The van der Waals surface area contributed by atoms with E-state index in [9.17, 15) is 19.8 Å². The Morgan fingerprint density at radius 3 is 1.04 bits per heavy atom. The van der Waals surface area contributed by atoms with Crippen LogP contribution in [0.1, 0.15) is 380 Å². The zero-order chi connectivity index (χ0) is 54.3. The minimum Gasteiger partial charge on any atom is -0.466 e. The average Bonchev–Trinajstić information content (AvgIpc) is 3.41. The summed E-state index contributed by atoms with van der Waals surface area (Å²) in [5.74, 6) is -0.0187. The van der Waals surface area contributed by atoms with Crippen molar-refractivity contribution in [2.75, 3.05) is 13.2 Å². The zero-order valence-corrected chi connectivity index (χ0v) is 50.8. The van der Waals surface area contributed by atoms with Crippen LogP contribution in [-0.4, -0.2) is 47.4 Å². The summed E-state index contributed by atoms with van der Waals surface area (Å²) in [4.78, 5) is 24.6. The lowest BCUT2D eigenvalue weighted by molar-refractivity contribution is -0.143. The molecule has 2 unspecified atom stereocenters. The highest BCUT2D eigenvalue weighted by atomic mass is 16.5. The van der Waals surface area contributed by atoms with E-state index in [4.69, 9.17) is 4.74 Å². The molecule has 444 valence electrons. The van der Waals surface area contributed by atoms with E-state index in [0.29, 0.717) is 25.9 Å². The highest BCUT2D eigenvalue weighted by molar-refractivity contribution is 5.76. The third-order valence-corrected chi connectivity index (χ3v) is 16.0. The fourth-order valence-corrected chi connectivity index (χ4v) is 10.8. The number of allylic oxidation sites excluding steroid dienone is 4. The molecule has 0 aliphatic rings. The van der Waals surface area contributed by atoms with Crippen LogP contribution in [0.4, 0.5) is 0 Å². The molecule has 0 fully saturated rings. The van der Waals surface area contributed by atoms with Gasteiger partial charge in [0.25, 0.3) is 0 Å². The second-order valence-electron chi connectivity index (χ2n) is 23.5. The van der Waals surface area contributed by atoms with Crippen LogP contribution in [-0.2, 0) is 14.3 Å². The molecule has 0 heterocycles. The summed E-state index contributed by atoms with van der Waals surface area (Å²) in [7, 11) is 0. The van der Waals surface area contributed by atoms with Crippen molar-refractivity contribution in [2.24, 2.45) is 0 Å². The normalized spacial score (nSPS) is 12.6. The first-order valence-corrected chi connectivity index (χ1v) is 34.1. The molecule has 0 spiro atoms. The fourth-order valence-electron chi connectivity index (χ4n) is 10.8. The van der Waals surface area contributed by atoms with Gasteiger partial charge in [-0.2, -0.15) is 0 Å². The van der Waals surface area contributed by atoms with Gasteiger partial charge in [0.05, 0.1) is 25.4 Å². The van der Waals surface area contributed by atoms with Gasteiger partial charge in [-0.15, -0.1) is 0 Å². The molecule has 3 N–H and O–H groups in total. The maximum Gasteiger partial charge on any atom is 0.305 e. The van der Waals surface area contributed by atoms with Gasteiger partial charge in [0.1, 0.15) is 0 Å². The number of unbranched alkanes of at least 4 members (excludes halogenated alkanes) is 49. The van der Waals surface area contributed by atoms with Gasteiger partial charge in [0.2, 0.25) is 5.91 Å². The minimum atomic E-state index is -0.663. The molecule has 0 saturated carbocycles. The molecule has 0 aromatic heterocycles. The molecule has 0 radical (unpaired) electrons. The molecule has 0 aliphatic heterocycles. The number of amides is 1. The number of hydrogen-bond acceptors (Lipinski definition) is 5. The van der Waals surface area contributed by atoms with E-state index >= 15 is 0 Å². The smallest absolute Gasteiger partial charge is 0.305 e. The monoisotopic (exact) mass is 1060 g/mol. The summed E-state index contributed by atoms with van der Waals surface area (Å²) < 4.78 is 5.51. The lowest BCUT2D eigenvalue weighted by atomic mass is 10.0. The number of ether oxygens (including phenoxy) is 1. The average molecular weight is 1060 g/mol. The third-order valence-electron chi connectivity index (χ3n) is 16.0. The van der Waals surface area contributed by atoms with Crippen LogP contribution in [0.25, 0.3) is 0 Å². The molecule has 1 amide bonds. The third kappa shape index (κ3) is 61.4.